The van der Waals surface area contributed by atoms with Crippen LogP contribution in [0.3, 0.4) is 0 Å². The van der Waals surface area contributed by atoms with Crippen molar-refractivity contribution in [2.75, 3.05) is 27.1 Å². The standard InChI is InChI=1S/C13H20O5S/c1-13(2,8-14)9-6-11(18-4)12(19(5,15)16)7-10(9)17-3/h6-7,14H,8H2,1-5H3. The highest BCUT2D eigenvalue weighted by Gasteiger charge is 2.27. The zero-order valence-corrected chi connectivity index (χ0v) is 12.7. The van der Waals surface area contributed by atoms with E-state index in [0.717, 1.165) is 6.26 Å². The second-order valence-corrected chi connectivity index (χ2v) is 7.00. The van der Waals surface area contributed by atoms with E-state index in [9.17, 15) is 13.5 Å². The molecule has 1 N–H and O–H groups in total. The summed E-state index contributed by atoms with van der Waals surface area (Å²) < 4.78 is 33.8. The minimum atomic E-state index is -3.41. The summed E-state index contributed by atoms with van der Waals surface area (Å²) >= 11 is 0. The summed E-state index contributed by atoms with van der Waals surface area (Å²) in [6, 6.07) is 3.03. The van der Waals surface area contributed by atoms with Gasteiger partial charge in [-0.1, -0.05) is 13.8 Å². The van der Waals surface area contributed by atoms with Crippen LogP contribution in [0.4, 0.5) is 0 Å². The van der Waals surface area contributed by atoms with Crippen LogP contribution in [-0.4, -0.2) is 40.6 Å². The molecule has 0 unspecified atom stereocenters. The van der Waals surface area contributed by atoms with E-state index in [0.29, 0.717) is 11.3 Å². The predicted octanol–water partition coefficient (Wildman–Crippen LogP) is 1.38. The van der Waals surface area contributed by atoms with E-state index in [1.165, 1.54) is 20.3 Å². The third-order valence-corrected chi connectivity index (χ3v) is 4.13. The second kappa shape index (κ2) is 5.38. The zero-order chi connectivity index (χ0) is 14.8. The molecule has 0 aliphatic carbocycles. The molecule has 0 spiro atoms. The van der Waals surface area contributed by atoms with Crippen molar-refractivity contribution >= 4 is 9.84 Å². The number of hydrogen-bond acceptors (Lipinski definition) is 5. The lowest BCUT2D eigenvalue weighted by Crippen LogP contribution is -2.23. The maximum atomic E-state index is 11.7. The fraction of sp³-hybridized carbons (Fsp3) is 0.538. The van der Waals surface area contributed by atoms with Crippen LogP contribution in [0.25, 0.3) is 0 Å². The Labute approximate surface area is 114 Å². The first-order valence-corrected chi connectivity index (χ1v) is 7.64. The van der Waals surface area contributed by atoms with Crippen LogP contribution in [0.1, 0.15) is 19.4 Å². The minimum absolute atomic E-state index is 0.0735. The van der Waals surface area contributed by atoms with Crippen LogP contribution < -0.4 is 9.47 Å². The summed E-state index contributed by atoms with van der Waals surface area (Å²) in [6.07, 6.45) is 1.11. The molecular weight excluding hydrogens is 268 g/mol. The van der Waals surface area contributed by atoms with Crippen LogP contribution in [-0.2, 0) is 15.3 Å². The van der Waals surface area contributed by atoms with Gasteiger partial charge in [0.15, 0.2) is 9.84 Å². The van der Waals surface area contributed by atoms with Gasteiger partial charge in [0, 0.05) is 23.3 Å². The van der Waals surface area contributed by atoms with E-state index in [1.54, 1.807) is 6.07 Å². The lowest BCUT2D eigenvalue weighted by atomic mass is 9.85. The van der Waals surface area contributed by atoms with Crippen molar-refractivity contribution in [2.45, 2.75) is 24.2 Å². The number of hydrogen-bond donors (Lipinski definition) is 1. The Balaban J connectivity index is 3.62. The Kier molecular flexibility index (Phi) is 4.47. The van der Waals surface area contributed by atoms with E-state index in [2.05, 4.69) is 0 Å². The Morgan fingerprint density at radius 1 is 1.16 bits per heavy atom. The summed E-state index contributed by atoms with van der Waals surface area (Å²) in [7, 11) is -0.543. The number of sulfone groups is 1. The van der Waals surface area contributed by atoms with Crippen LogP contribution >= 0.6 is 0 Å². The molecule has 0 radical (unpaired) electrons. The maximum absolute atomic E-state index is 11.7. The minimum Gasteiger partial charge on any atom is -0.496 e. The van der Waals surface area contributed by atoms with Gasteiger partial charge in [-0.2, -0.15) is 0 Å². The van der Waals surface area contributed by atoms with Gasteiger partial charge in [0.25, 0.3) is 0 Å². The van der Waals surface area contributed by atoms with E-state index < -0.39 is 15.3 Å². The summed E-state index contributed by atoms with van der Waals surface area (Å²) in [5.74, 6) is 0.667. The molecule has 0 aliphatic heterocycles. The number of rotatable bonds is 5. The van der Waals surface area contributed by atoms with Crippen molar-refractivity contribution < 1.29 is 23.0 Å². The molecule has 0 aliphatic rings. The van der Waals surface area contributed by atoms with Crippen molar-refractivity contribution in [3.05, 3.63) is 17.7 Å². The molecule has 1 aromatic carbocycles. The lowest BCUT2D eigenvalue weighted by Gasteiger charge is -2.26. The molecule has 0 heterocycles. The van der Waals surface area contributed by atoms with Crippen molar-refractivity contribution in [2.24, 2.45) is 0 Å². The molecule has 0 atom stereocenters. The van der Waals surface area contributed by atoms with Crippen LogP contribution in [0.5, 0.6) is 11.5 Å². The Morgan fingerprint density at radius 2 is 1.68 bits per heavy atom. The normalized spacial score (nSPS) is 12.3. The average molecular weight is 288 g/mol. The first-order valence-electron chi connectivity index (χ1n) is 5.74. The van der Waals surface area contributed by atoms with Gasteiger partial charge in [0.05, 0.1) is 20.8 Å². The highest BCUT2D eigenvalue weighted by molar-refractivity contribution is 7.90. The van der Waals surface area contributed by atoms with Crippen LogP contribution in [0.2, 0.25) is 0 Å². The molecule has 1 aromatic rings. The molecule has 1 rings (SSSR count). The molecule has 0 fully saturated rings. The molecule has 0 amide bonds. The SMILES string of the molecule is COc1cc(S(C)(=O)=O)c(OC)cc1C(C)(C)CO. The zero-order valence-electron chi connectivity index (χ0n) is 11.9. The maximum Gasteiger partial charge on any atom is 0.179 e. The van der Waals surface area contributed by atoms with Gasteiger partial charge in [-0.3, -0.25) is 0 Å². The van der Waals surface area contributed by atoms with E-state index in [4.69, 9.17) is 9.47 Å². The topological polar surface area (TPSA) is 72.8 Å². The molecule has 108 valence electrons. The fourth-order valence-electron chi connectivity index (χ4n) is 1.77. The summed E-state index contributed by atoms with van der Waals surface area (Å²) in [5.41, 5.74) is 0.135. The van der Waals surface area contributed by atoms with Crippen LogP contribution in [0, 0.1) is 0 Å². The number of methoxy groups -OCH3 is 2. The first kappa shape index (κ1) is 15.8. The fourth-order valence-corrected chi connectivity index (χ4v) is 2.60. The number of ether oxygens (including phenoxy) is 2. The lowest BCUT2D eigenvalue weighted by molar-refractivity contribution is 0.214. The van der Waals surface area contributed by atoms with Crippen molar-refractivity contribution in [3.8, 4) is 11.5 Å². The molecule has 0 saturated heterocycles. The molecule has 6 heteroatoms. The third-order valence-electron chi connectivity index (χ3n) is 3.01. The Bertz CT molecular complexity index is 561. The molecule has 0 aromatic heterocycles. The number of aliphatic hydroxyl groups is 1. The molecular formula is C13H20O5S. The van der Waals surface area contributed by atoms with Gasteiger partial charge in [0.1, 0.15) is 16.4 Å². The predicted molar refractivity (Wildman–Crippen MR) is 72.8 cm³/mol. The molecule has 5 nitrogen and oxygen atoms in total. The average Bonchev–Trinajstić information content (AvgIpc) is 2.35. The van der Waals surface area contributed by atoms with Crippen molar-refractivity contribution in [1.82, 2.24) is 0 Å². The smallest absolute Gasteiger partial charge is 0.179 e. The highest BCUT2D eigenvalue weighted by Crippen LogP contribution is 2.38. The molecule has 0 bridgehead atoms. The van der Waals surface area contributed by atoms with E-state index >= 15 is 0 Å². The summed E-state index contributed by atoms with van der Waals surface area (Å²) in [5, 5.41) is 9.45. The number of aliphatic hydroxyl groups excluding tert-OH is 1. The molecule has 0 saturated carbocycles. The van der Waals surface area contributed by atoms with Gasteiger partial charge in [-0.25, -0.2) is 8.42 Å². The monoisotopic (exact) mass is 288 g/mol. The van der Waals surface area contributed by atoms with Crippen LogP contribution in [0.15, 0.2) is 17.0 Å². The van der Waals surface area contributed by atoms with E-state index in [-0.39, 0.29) is 17.3 Å². The Hall–Kier alpha value is -1.27. The second-order valence-electron chi connectivity index (χ2n) is 5.02. The van der Waals surface area contributed by atoms with Gasteiger partial charge in [-0.05, 0) is 6.07 Å². The Morgan fingerprint density at radius 3 is 2.05 bits per heavy atom. The summed E-state index contributed by atoms with van der Waals surface area (Å²) in [4.78, 5) is 0.0735. The quantitative estimate of drug-likeness (QED) is 0.886. The number of benzene rings is 1. The van der Waals surface area contributed by atoms with Crippen molar-refractivity contribution in [3.63, 3.8) is 0 Å². The molecule has 19 heavy (non-hydrogen) atoms. The first-order chi connectivity index (χ1) is 8.67. The van der Waals surface area contributed by atoms with Gasteiger partial charge in [0.2, 0.25) is 0 Å². The third kappa shape index (κ3) is 3.19. The largest absolute Gasteiger partial charge is 0.496 e. The van der Waals surface area contributed by atoms with Crippen molar-refractivity contribution in [1.29, 1.82) is 0 Å². The van der Waals surface area contributed by atoms with E-state index in [1.807, 2.05) is 13.8 Å². The highest BCUT2D eigenvalue weighted by atomic mass is 32.2. The van der Waals surface area contributed by atoms with Gasteiger partial charge in [-0.15, -0.1) is 0 Å². The van der Waals surface area contributed by atoms with Gasteiger partial charge < -0.3 is 14.6 Å². The summed E-state index contributed by atoms with van der Waals surface area (Å²) in [6.45, 7) is 3.58. The van der Waals surface area contributed by atoms with Gasteiger partial charge >= 0.3 is 0 Å².